The van der Waals surface area contributed by atoms with Gasteiger partial charge in [-0.2, -0.15) is 0 Å². The van der Waals surface area contributed by atoms with Gasteiger partial charge >= 0.3 is 0 Å². The van der Waals surface area contributed by atoms with Gasteiger partial charge in [0.05, 0.1) is 0 Å². The van der Waals surface area contributed by atoms with E-state index in [0.717, 1.165) is 5.82 Å². The van der Waals surface area contributed by atoms with E-state index in [1.54, 1.807) is 0 Å². The molecular weight excluding hydrogens is 239 g/mol. The predicted molar refractivity (Wildman–Crippen MR) is 51.3 cm³/mol. The van der Waals surface area contributed by atoms with Gasteiger partial charge in [0, 0.05) is 23.9 Å². The summed E-state index contributed by atoms with van der Waals surface area (Å²) >= 11 is 2.27. The van der Waals surface area contributed by atoms with E-state index in [1.165, 1.54) is 3.57 Å². The van der Waals surface area contributed by atoms with Gasteiger partial charge in [-0.25, -0.2) is 4.98 Å². The molecule has 0 aliphatic carbocycles. The minimum Gasteiger partial charge on any atom is -0.363 e. The van der Waals surface area contributed by atoms with Crippen molar-refractivity contribution in [2.24, 2.45) is 0 Å². The van der Waals surface area contributed by atoms with Crippen molar-refractivity contribution < 1.29 is 0 Å². The molecule has 0 radical (unpaired) electrons. The number of rotatable bonds is 1. The van der Waals surface area contributed by atoms with E-state index in [2.05, 4.69) is 27.6 Å². The Labute approximate surface area is 74.4 Å². The van der Waals surface area contributed by atoms with Crippen LogP contribution in [0.1, 0.15) is 0 Å². The van der Waals surface area contributed by atoms with Crippen molar-refractivity contribution in [1.29, 1.82) is 0 Å². The maximum Gasteiger partial charge on any atom is 0.129 e. The standard InChI is InChI=1S/C7H9IN2/c1-10(2)7-5-6(8)3-4-9-7/h3-5H,1-2H3. The van der Waals surface area contributed by atoms with Crippen LogP contribution in [-0.4, -0.2) is 19.1 Å². The van der Waals surface area contributed by atoms with Crippen LogP contribution in [0.2, 0.25) is 0 Å². The third-order valence-electron chi connectivity index (χ3n) is 1.17. The van der Waals surface area contributed by atoms with Crippen molar-refractivity contribution in [3.63, 3.8) is 0 Å². The molecule has 0 aliphatic heterocycles. The highest BCUT2D eigenvalue weighted by atomic mass is 127. The molecule has 1 aromatic heterocycles. The Hall–Kier alpha value is -0.320. The van der Waals surface area contributed by atoms with Gasteiger partial charge in [0.2, 0.25) is 0 Å². The Morgan fingerprint density at radius 3 is 2.60 bits per heavy atom. The highest BCUT2D eigenvalue weighted by Crippen LogP contribution is 2.10. The lowest BCUT2D eigenvalue weighted by Crippen LogP contribution is -2.10. The summed E-state index contributed by atoms with van der Waals surface area (Å²) in [5, 5.41) is 0. The van der Waals surface area contributed by atoms with Crippen molar-refractivity contribution in [3.8, 4) is 0 Å². The molecule has 0 N–H and O–H groups in total. The summed E-state index contributed by atoms with van der Waals surface area (Å²) in [6, 6.07) is 4.02. The summed E-state index contributed by atoms with van der Waals surface area (Å²) in [4.78, 5) is 6.15. The molecule has 0 saturated carbocycles. The van der Waals surface area contributed by atoms with Gasteiger partial charge < -0.3 is 4.90 Å². The summed E-state index contributed by atoms with van der Waals surface area (Å²) in [6.45, 7) is 0. The third kappa shape index (κ3) is 1.83. The molecule has 0 aromatic carbocycles. The first-order chi connectivity index (χ1) is 4.70. The minimum atomic E-state index is 1.01. The Morgan fingerprint density at radius 2 is 2.20 bits per heavy atom. The van der Waals surface area contributed by atoms with Crippen LogP contribution in [0.3, 0.4) is 0 Å². The zero-order valence-electron chi connectivity index (χ0n) is 6.00. The first kappa shape index (κ1) is 7.78. The second-order valence-corrected chi connectivity index (χ2v) is 3.47. The smallest absolute Gasteiger partial charge is 0.129 e. The molecular formula is C7H9IN2. The predicted octanol–water partition coefficient (Wildman–Crippen LogP) is 1.75. The SMILES string of the molecule is CN(C)c1cc(I)ccn1. The molecule has 0 atom stereocenters. The minimum absolute atomic E-state index is 1.01. The lowest BCUT2D eigenvalue weighted by atomic mass is 10.4. The fourth-order valence-corrected chi connectivity index (χ4v) is 1.08. The number of halogens is 1. The average molecular weight is 248 g/mol. The molecule has 0 unspecified atom stereocenters. The molecule has 10 heavy (non-hydrogen) atoms. The number of pyridine rings is 1. The van der Waals surface area contributed by atoms with E-state index in [1.807, 2.05) is 37.3 Å². The van der Waals surface area contributed by atoms with E-state index in [0.29, 0.717) is 0 Å². The maximum absolute atomic E-state index is 4.16. The third-order valence-corrected chi connectivity index (χ3v) is 1.84. The van der Waals surface area contributed by atoms with Gasteiger partial charge in [-0.3, -0.25) is 0 Å². The van der Waals surface area contributed by atoms with Gasteiger partial charge in [0.1, 0.15) is 5.82 Å². The lowest BCUT2D eigenvalue weighted by Gasteiger charge is -2.09. The van der Waals surface area contributed by atoms with E-state index < -0.39 is 0 Å². The van der Waals surface area contributed by atoms with Crippen molar-refractivity contribution in [2.45, 2.75) is 0 Å². The van der Waals surface area contributed by atoms with Crippen LogP contribution in [0.5, 0.6) is 0 Å². The van der Waals surface area contributed by atoms with Crippen LogP contribution in [0.25, 0.3) is 0 Å². The number of nitrogens with zero attached hydrogens (tertiary/aromatic N) is 2. The first-order valence-corrected chi connectivity index (χ1v) is 4.07. The van der Waals surface area contributed by atoms with Crippen molar-refractivity contribution in [1.82, 2.24) is 4.98 Å². The zero-order valence-corrected chi connectivity index (χ0v) is 8.16. The zero-order chi connectivity index (χ0) is 7.56. The molecule has 0 bridgehead atoms. The molecule has 3 heteroatoms. The molecule has 0 fully saturated rings. The van der Waals surface area contributed by atoms with E-state index in [9.17, 15) is 0 Å². The van der Waals surface area contributed by atoms with Crippen LogP contribution < -0.4 is 4.90 Å². The fourth-order valence-electron chi connectivity index (χ4n) is 0.638. The van der Waals surface area contributed by atoms with Crippen molar-refractivity contribution in [2.75, 3.05) is 19.0 Å². The molecule has 0 spiro atoms. The molecule has 0 aliphatic rings. The molecule has 54 valence electrons. The monoisotopic (exact) mass is 248 g/mol. The van der Waals surface area contributed by atoms with Gasteiger partial charge in [0.25, 0.3) is 0 Å². The molecule has 1 aromatic rings. The molecule has 1 heterocycles. The van der Waals surface area contributed by atoms with Crippen molar-refractivity contribution >= 4 is 28.4 Å². The van der Waals surface area contributed by atoms with Crippen LogP contribution >= 0.6 is 22.6 Å². The van der Waals surface area contributed by atoms with Crippen LogP contribution in [-0.2, 0) is 0 Å². The van der Waals surface area contributed by atoms with Gasteiger partial charge in [-0.1, -0.05) is 0 Å². The van der Waals surface area contributed by atoms with E-state index in [-0.39, 0.29) is 0 Å². The maximum atomic E-state index is 4.16. The number of hydrogen-bond acceptors (Lipinski definition) is 2. The topological polar surface area (TPSA) is 16.1 Å². The highest BCUT2D eigenvalue weighted by Gasteiger charge is 1.94. The van der Waals surface area contributed by atoms with Crippen molar-refractivity contribution in [3.05, 3.63) is 21.9 Å². The van der Waals surface area contributed by atoms with E-state index in [4.69, 9.17) is 0 Å². The summed E-state index contributed by atoms with van der Waals surface area (Å²) in [7, 11) is 3.97. The number of hydrogen-bond donors (Lipinski definition) is 0. The number of aromatic nitrogens is 1. The lowest BCUT2D eigenvalue weighted by molar-refractivity contribution is 1.07. The quantitative estimate of drug-likeness (QED) is 0.704. The van der Waals surface area contributed by atoms with Gasteiger partial charge in [-0.05, 0) is 34.7 Å². The second-order valence-electron chi connectivity index (χ2n) is 2.23. The van der Waals surface area contributed by atoms with E-state index >= 15 is 0 Å². The summed E-state index contributed by atoms with van der Waals surface area (Å²) in [5.41, 5.74) is 0. The summed E-state index contributed by atoms with van der Waals surface area (Å²) in [6.07, 6.45) is 1.82. The Bertz CT molecular complexity index is 223. The molecule has 1 rings (SSSR count). The fraction of sp³-hybridized carbons (Fsp3) is 0.286. The normalized spacial score (nSPS) is 9.50. The summed E-state index contributed by atoms with van der Waals surface area (Å²) in [5.74, 6) is 1.01. The molecule has 0 amide bonds. The average Bonchev–Trinajstić information content (AvgIpc) is 1.88. The Morgan fingerprint density at radius 1 is 1.50 bits per heavy atom. The number of anilines is 1. The van der Waals surface area contributed by atoms with Gasteiger partial charge in [0.15, 0.2) is 0 Å². The second kappa shape index (κ2) is 3.18. The van der Waals surface area contributed by atoms with Crippen LogP contribution in [0.4, 0.5) is 5.82 Å². The van der Waals surface area contributed by atoms with Crippen LogP contribution in [0.15, 0.2) is 18.3 Å². The summed E-state index contributed by atoms with van der Waals surface area (Å²) < 4.78 is 1.22. The van der Waals surface area contributed by atoms with Gasteiger partial charge in [-0.15, -0.1) is 0 Å². The largest absolute Gasteiger partial charge is 0.363 e. The molecule has 2 nitrogen and oxygen atoms in total. The highest BCUT2D eigenvalue weighted by molar-refractivity contribution is 14.1. The molecule has 0 saturated heterocycles. The van der Waals surface area contributed by atoms with Crippen LogP contribution in [0, 0.1) is 3.57 Å². The Balaban J connectivity index is 2.96. The first-order valence-electron chi connectivity index (χ1n) is 2.99. The Kier molecular flexibility index (Phi) is 2.48.